The maximum absolute atomic E-state index is 5.20. The average molecular weight is 172 g/mol. The summed E-state index contributed by atoms with van der Waals surface area (Å²) in [6.45, 7) is 4.27. The Kier molecular flexibility index (Phi) is 3.58. The molecule has 1 rings (SSSR count). The van der Waals surface area contributed by atoms with Gasteiger partial charge >= 0.3 is 0 Å². The predicted octanol–water partition coefficient (Wildman–Crippen LogP) is 3.26. The Morgan fingerprint density at radius 1 is 1.15 bits per heavy atom. The van der Waals surface area contributed by atoms with E-state index in [-0.39, 0.29) is 0 Å². The Balaban J connectivity index is 2.62. The Bertz CT molecular complexity index is 295. The number of hydrogen-bond acceptors (Lipinski definition) is 0. The van der Waals surface area contributed by atoms with Gasteiger partial charge in [0.1, 0.15) is 0 Å². The molecule has 0 heterocycles. The fraction of sp³-hybridized carbons (Fsp3) is 0.385. The van der Waals surface area contributed by atoms with Gasteiger partial charge in [-0.15, -0.1) is 12.3 Å². The lowest BCUT2D eigenvalue weighted by atomic mass is 10.0. The zero-order chi connectivity index (χ0) is 9.68. The van der Waals surface area contributed by atoms with Crippen molar-refractivity contribution in [2.75, 3.05) is 0 Å². The summed E-state index contributed by atoms with van der Waals surface area (Å²) in [7, 11) is 0. The third-order valence-electron chi connectivity index (χ3n) is 2.07. The minimum Gasteiger partial charge on any atom is -0.120 e. The molecule has 68 valence electrons. The van der Waals surface area contributed by atoms with Crippen molar-refractivity contribution in [1.29, 1.82) is 0 Å². The molecule has 0 radical (unpaired) electrons. The number of terminal acetylenes is 1. The SMILES string of the molecule is C#CCCCc1cc(C)cc(C)c1. The van der Waals surface area contributed by atoms with Crippen LogP contribution >= 0.6 is 0 Å². The van der Waals surface area contributed by atoms with Gasteiger partial charge < -0.3 is 0 Å². The Labute approximate surface area is 81.0 Å². The minimum absolute atomic E-state index is 0.882. The van der Waals surface area contributed by atoms with Crippen molar-refractivity contribution in [2.45, 2.75) is 33.1 Å². The maximum atomic E-state index is 5.20. The van der Waals surface area contributed by atoms with E-state index in [1.807, 2.05) is 0 Å². The first kappa shape index (κ1) is 9.86. The van der Waals surface area contributed by atoms with E-state index >= 15 is 0 Å². The van der Waals surface area contributed by atoms with Crippen molar-refractivity contribution < 1.29 is 0 Å². The molecule has 0 aliphatic heterocycles. The van der Waals surface area contributed by atoms with Crippen molar-refractivity contribution in [3.05, 3.63) is 34.9 Å². The molecule has 0 aliphatic rings. The fourth-order valence-electron chi connectivity index (χ4n) is 1.61. The molecule has 0 atom stereocenters. The Hall–Kier alpha value is -1.22. The van der Waals surface area contributed by atoms with Gasteiger partial charge in [0.25, 0.3) is 0 Å². The summed E-state index contributed by atoms with van der Waals surface area (Å²) < 4.78 is 0. The summed E-state index contributed by atoms with van der Waals surface area (Å²) in [6.07, 6.45) is 8.28. The van der Waals surface area contributed by atoms with E-state index in [0.29, 0.717) is 0 Å². The van der Waals surface area contributed by atoms with Crippen LogP contribution in [0.4, 0.5) is 0 Å². The van der Waals surface area contributed by atoms with Crippen LogP contribution < -0.4 is 0 Å². The molecule has 0 bridgehead atoms. The molecule has 0 aromatic heterocycles. The number of aryl methyl sites for hydroxylation is 3. The lowest BCUT2D eigenvalue weighted by molar-refractivity contribution is 0.856. The van der Waals surface area contributed by atoms with Crippen molar-refractivity contribution in [1.82, 2.24) is 0 Å². The lowest BCUT2D eigenvalue weighted by Crippen LogP contribution is -1.87. The summed E-state index contributed by atoms with van der Waals surface area (Å²) in [5.74, 6) is 2.67. The molecule has 1 aromatic carbocycles. The Morgan fingerprint density at radius 2 is 1.77 bits per heavy atom. The second-order valence-corrected chi connectivity index (χ2v) is 3.55. The summed E-state index contributed by atoms with van der Waals surface area (Å²) in [6, 6.07) is 6.68. The first-order chi connectivity index (χ1) is 6.22. The first-order valence-electron chi connectivity index (χ1n) is 4.73. The average Bonchev–Trinajstić information content (AvgIpc) is 2.03. The zero-order valence-corrected chi connectivity index (χ0v) is 8.43. The lowest BCUT2D eigenvalue weighted by Gasteiger charge is -2.03. The third-order valence-corrected chi connectivity index (χ3v) is 2.07. The van der Waals surface area contributed by atoms with E-state index in [1.165, 1.54) is 16.7 Å². The second kappa shape index (κ2) is 4.72. The van der Waals surface area contributed by atoms with Crippen LogP contribution in [0.1, 0.15) is 29.5 Å². The molecule has 13 heavy (non-hydrogen) atoms. The molecule has 0 saturated heterocycles. The van der Waals surface area contributed by atoms with Crippen LogP contribution in [0.25, 0.3) is 0 Å². The molecular weight excluding hydrogens is 156 g/mol. The van der Waals surface area contributed by atoms with Crippen LogP contribution in [0.3, 0.4) is 0 Å². The van der Waals surface area contributed by atoms with Crippen LogP contribution in [0.5, 0.6) is 0 Å². The summed E-state index contributed by atoms with van der Waals surface area (Å²) >= 11 is 0. The smallest absolute Gasteiger partial charge is 0.00892 e. The zero-order valence-electron chi connectivity index (χ0n) is 8.43. The highest BCUT2D eigenvalue weighted by Gasteiger charge is 1.95. The highest BCUT2D eigenvalue weighted by atomic mass is 14.0. The van der Waals surface area contributed by atoms with E-state index in [0.717, 1.165) is 19.3 Å². The quantitative estimate of drug-likeness (QED) is 0.485. The molecule has 0 saturated carbocycles. The standard InChI is InChI=1S/C13H16/c1-4-5-6-7-13-9-11(2)8-12(3)10-13/h1,8-10H,5-7H2,2-3H3. The molecule has 0 fully saturated rings. The number of rotatable bonds is 3. The van der Waals surface area contributed by atoms with Crippen molar-refractivity contribution in [3.8, 4) is 12.3 Å². The van der Waals surface area contributed by atoms with E-state index in [4.69, 9.17) is 6.42 Å². The Morgan fingerprint density at radius 3 is 2.31 bits per heavy atom. The van der Waals surface area contributed by atoms with Gasteiger partial charge in [-0.05, 0) is 32.3 Å². The third kappa shape index (κ3) is 3.34. The van der Waals surface area contributed by atoms with Gasteiger partial charge in [0.2, 0.25) is 0 Å². The second-order valence-electron chi connectivity index (χ2n) is 3.55. The van der Waals surface area contributed by atoms with Gasteiger partial charge in [-0.3, -0.25) is 0 Å². The molecule has 0 heteroatoms. The number of hydrogen-bond donors (Lipinski definition) is 0. The van der Waals surface area contributed by atoms with E-state index in [1.54, 1.807) is 0 Å². The first-order valence-corrected chi connectivity index (χ1v) is 4.73. The van der Waals surface area contributed by atoms with Gasteiger partial charge in [0, 0.05) is 6.42 Å². The topological polar surface area (TPSA) is 0 Å². The van der Waals surface area contributed by atoms with Gasteiger partial charge in [0.15, 0.2) is 0 Å². The molecular formula is C13H16. The van der Waals surface area contributed by atoms with Crippen molar-refractivity contribution in [2.24, 2.45) is 0 Å². The van der Waals surface area contributed by atoms with Crippen LogP contribution in [-0.2, 0) is 6.42 Å². The fourth-order valence-corrected chi connectivity index (χ4v) is 1.61. The van der Waals surface area contributed by atoms with Crippen molar-refractivity contribution >= 4 is 0 Å². The van der Waals surface area contributed by atoms with Crippen LogP contribution in [0.2, 0.25) is 0 Å². The van der Waals surface area contributed by atoms with E-state index < -0.39 is 0 Å². The molecule has 0 N–H and O–H groups in total. The van der Waals surface area contributed by atoms with Gasteiger partial charge in [-0.1, -0.05) is 29.3 Å². The van der Waals surface area contributed by atoms with Gasteiger partial charge in [-0.2, -0.15) is 0 Å². The molecule has 1 aromatic rings. The maximum Gasteiger partial charge on any atom is 0.00892 e. The van der Waals surface area contributed by atoms with E-state index in [9.17, 15) is 0 Å². The van der Waals surface area contributed by atoms with E-state index in [2.05, 4.69) is 38.0 Å². The molecule has 0 spiro atoms. The molecule has 0 amide bonds. The molecule has 0 unspecified atom stereocenters. The predicted molar refractivity (Wildman–Crippen MR) is 57.7 cm³/mol. The van der Waals surface area contributed by atoms with Crippen LogP contribution in [0, 0.1) is 26.2 Å². The van der Waals surface area contributed by atoms with Gasteiger partial charge in [-0.25, -0.2) is 0 Å². The number of unbranched alkanes of at least 4 members (excludes halogenated alkanes) is 1. The summed E-state index contributed by atoms with van der Waals surface area (Å²) in [5.41, 5.74) is 4.10. The highest BCUT2D eigenvalue weighted by molar-refractivity contribution is 5.28. The highest BCUT2D eigenvalue weighted by Crippen LogP contribution is 2.11. The monoisotopic (exact) mass is 172 g/mol. The van der Waals surface area contributed by atoms with Gasteiger partial charge in [0.05, 0.1) is 0 Å². The summed E-state index contributed by atoms with van der Waals surface area (Å²) in [5, 5.41) is 0. The van der Waals surface area contributed by atoms with Crippen LogP contribution in [-0.4, -0.2) is 0 Å². The molecule has 0 aliphatic carbocycles. The van der Waals surface area contributed by atoms with Crippen molar-refractivity contribution in [3.63, 3.8) is 0 Å². The van der Waals surface area contributed by atoms with Crippen LogP contribution in [0.15, 0.2) is 18.2 Å². The minimum atomic E-state index is 0.882. The molecule has 0 nitrogen and oxygen atoms in total. The number of benzene rings is 1. The normalized spacial score (nSPS) is 9.62. The summed E-state index contributed by atoms with van der Waals surface area (Å²) in [4.78, 5) is 0. The largest absolute Gasteiger partial charge is 0.120 e.